The number of carbonyl (C=O) groups excluding carboxylic acids is 2. The molecule has 0 spiro atoms. The molecule has 3 aromatic rings. The molecule has 5 nitrogen and oxygen atoms in total. The third kappa shape index (κ3) is 4.35. The van der Waals surface area contributed by atoms with E-state index in [0.717, 1.165) is 5.56 Å². The van der Waals surface area contributed by atoms with Gasteiger partial charge in [-0.15, -0.1) is 11.3 Å². The molecule has 0 aliphatic heterocycles. The largest absolute Gasteiger partial charge is 0.457 e. The third-order valence-electron chi connectivity index (χ3n) is 3.53. The van der Waals surface area contributed by atoms with Crippen LogP contribution in [0.25, 0.3) is 0 Å². The number of nitrogens with zero attached hydrogens (tertiary/aromatic N) is 1. The number of anilines is 1. The summed E-state index contributed by atoms with van der Waals surface area (Å²) in [4.78, 5) is 24.9. The lowest BCUT2D eigenvalue weighted by atomic mass is 10.1. The quantitative estimate of drug-likeness (QED) is 0.689. The molecule has 6 heteroatoms. The van der Waals surface area contributed by atoms with E-state index >= 15 is 0 Å². The SMILES string of the molecule is N#Cc1cccc(COC(=O)c2cccc(NC(=O)c3cccs3)c2)c1. The van der Waals surface area contributed by atoms with Crippen molar-refractivity contribution in [2.75, 3.05) is 5.32 Å². The van der Waals surface area contributed by atoms with Crippen LogP contribution in [0, 0.1) is 11.3 Å². The highest BCUT2D eigenvalue weighted by Crippen LogP contribution is 2.16. The lowest BCUT2D eigenvalue weighted by Crippen LogP contribution is -2.11. The predicted molar refractivity (Wildman–Crippen MR) is 99.0 cm³/mol. The van der Waals surface area contributed by atoms with Gasteiger partial charge in [0.2, 0.25) is 0 Å². The van der Waals surface area contributed by atoms with Crippen LogP contribution in [-0.4, -0.2) is 11.9 Å². The Kier molecular flexibility index (Phi) is 5.42. The van der Waals surface area contributed by atoms with Gasteiger partial charge in [-0.1, -0.05) is 24.3 Å². The van der Waals surface area contributed by atoms with Gasteiger partial charge in [-0.05, 0) is 47.3 Å². The monoisotopic (exact) mass is 362 g/mol. The highest BCUT2D eigenvalue weighted by atomic mass is 32.1. The van der Waals surface area contributed by atoms with Gasteiger partial charge in [-0.2, -0.15) is 5.26 Å². The van der Waals surface area contributed by atoms with Crippen LogP contribution in [-0.2, 0) is 11.3 Å². The van der Waals surface area contributed by atoms with E-state index in [9.17, 15) is 9.59 Å². The van der Waals surface area contributed by atoms with E-state index in [1.54, 1.807) is 60.7 Å². The van der Waals surface area contributed by atoms with Crippen LogP contribution in [0.3, 0.4) is 0 Å². The van der Waals surface area contributed by atoms with Crippen molar-refractivity contribution < 1.29 is 14.3 Å². The van der Waals surface area contributed by atoms with Gasteiger partial charge >= 0.3 is 5.97 Å². The summed E-state index contributed by atoms with van der Waals surface area (Å²) in [7, 11) is 0. The van der Waals surface area contributed by atoms with Crippen molar-refractivity contribution in [1.82, 2.24) is 0 Å². The number of ether oxygens (including phenoxy) is 1. The molecule has 0 aliphatic carbocycles. The van der Waals surface area contributed by atoms with Crippen LogP contribution in [0.2, 0.25) is 0 Å². The second-order valence-electron chi connectivity index (χ2n) is 5.40. The van der Waals surface area contributed by atoms with E-state index in [1.165, 1.54) is 11.3 Å². The Morgan fingerprint density at radius 3 is 2.69 bits per heavy atom. The molecule has 1 heterocycles. The summed E-state index contributed by atoms with van der Waals surface area (Å²) in [5.74, 6) is -0.724. The van der Waals surface area contributed by atoms with Gasteiger partial charge in [0.1, 0.15) is 6.61 Å². The zero-order valence-electron chi connectivity index (χ0n) is 13.6. The molecule has 0 fully saturated rings. The minimum absolute atomic E-state index is 0.0696. The van der Waals surface area contributed by atoms with Crippen molar-refractivity contribution in [3.63, 3.8) is 0 Å². The number of hydrogen-bond donors (Lipinski definition) is 1. The van der Waals surface area contributed by atoms with Crippen molar-refractivity contribution >= 4 is 28.9 Å². The van der Waals surface area contributed by atoms with Crippen LogP contribution in [0.5, 0.6) is 0 Å². The molecule has 1 amide bonds. The molecule has 0 aliphatic rings. The number of benzene rings is 2. The lowest BCUT2D eigenvalue weighted by Gasteiger charge is -2.08. The summed E-state index contributed by atoms with van der Waals surface area (Å²) in [6, 6.07) is 19.0. The van der Waals surface area contributed by atoms with E-state index in [0.29, 0.717) is 21.7 Å². The average molecular weight is 362 g/mol. The van der Waals surface area contributed by atoms with Gasteiger partial charge in [-0.25, -0.2) is 4.79 Å². The fraction of sp³-hybridized carbons (Fsp3) is 0.0500. The molecular weight excluding hydrogens is 348 g/mol. The number of amides is 1. The highest BCUT2D eigenvalue weighted by molar-refractivity contribution is 7.12. The Bertz CT molecular complexity index is 975. The maximum atomic E-state index is 12.2. The zero-order chi connectivity index (χ0) is 18.4. The van der Waals surface area contributed by atoms with Crippen molar-refractivity contribution in [2.45, 2.75) is 6.61 Å². The topological polar surface area (TPSA) is 79.2 Å². The average Bonchev–Trinajstić information content (AvgIpc) is 3.21. The summed E-state index contributed by atoms with van der Waals surface area (Å²) >= 11 is 1.34. The maximum absolute atomic E-state index is 12.2. The van der Waals surface area contributed by atoms with Gasteiger partial charge in [0, 0.05) is 5.69 Å². The summed E-state index contributed by atoms with van der Waals surface area (Å²) in [6.45, 7) is 0.0696. The first kappa shape index (κ1) is 17.4. The first-order valence-corrected chi connectivity index (χ1v) is 8.65. The molecule has 0 bridgehead atoms. The van der Waals surface area contributed by atoms with Gasteiger partial charge < -0.3 is 10.1 Å². The number of hydrogen-bond acceptors (Lipinski definition) is 5. The molecule has 0 saturated heterocycles. The third-order valence-corrected chi connectivity index (χ3v) is 4.40. The van der Waals surface area contributed by atoms with Crippen LogP contribution in [0.4, 0.5) is 5.69 Å². The van der Waals surface area contributed by atoms with E-state index in [2.05, 4.69) is 5.32 Å². The fourth-order valence-corrected chi connectivity index (χ4v) is 2.91. The summed E-state index contributed by atoms with van der Waals surface area (Å²) in [6.07, 6.45) is 0. The minimum atomic E-state index is -0.500. The molecule has 26 heavy (non-hydrogen) atoms. The number of thiophene rings is 1. The number of nitriles is 1. The second-order valence-corrected chi connectivity index (χ2v) is 6.35. The highest BCUT2D eigenvalue weighted by Gasteiger charge is 2.11. The Morgan fingerprint density at radius 2 is 1.92 bits per heavy atom. The van der Waals surface area contributed by atoms with Gasteiger partial charge in [0.15, 0.2) is 0 Å². The molecule has 1 aromatic heterocycles. The predicted octanol–water partition coefficient (Wildman–Crippen LogP) is 4.23. The number of rotatable bonds is 5. The molecule has 0 atom stereocenters. The first-order chi connectivity index (χ1) is 12.7. The Balaban J connectivity index is 1.64. The first-order valence-electron chi connectivity index (χ1n) is 7.77. The second kappa shape index (κ2) is 8.10. The number of carbonyl (C=O) groups is 2. The Morgan fingerprint density at radius 1 is 1.08 bits per heavy atom. The smallest absolute Gasteiger partial charge is 0.338 e. The fourth-order valence-electron chi connectivity index (χ4n) is 2.29. The normalized spacial score (nSPS) is 9.96. The summed E-state index contributed by atoms with van der Waals surface area (Å²) in [5, 5.41) is 13.5. The van der Waals surface area contributed by atoms with Crippen LogP contribution in [0.15, 0.2) is 66.0 Å². The van der Waals surface area contributed by atoms with Crippen LogP contribution < -0.4 is 5.32 Å². The van der Waals surface area contributed by atoms with Gasteiger partial charge in [0.05, 0.1) is 22.1 Å². The molecule has 2 aromatic carbocycles. The van der Waals surface area contributed by atoms with Crippen molar-refractivity contribution in [1.29, 1.82) is 5.26 Å². The lowest BCUT2D eigenvalue weighted by molar-refractivity contribution is 0.0472. The molecule has 128 valence electrons. The Labute approximate surface area is 154 Å². The summed E-state index contributed by atoms with van der Waals surface area (Å²) < 4.78 is 5.29. The van der Waals surface area contributed by atoms with Crippen LogP contribution >= 0.6 is 11.3 Å². The van der Waals surface area contributed by atoms with E-state index in [4.69, 9.17) is 10.00 Å². The van der Waals surface area contributed by atoms with Crippen molar-refractivity contribution in [3.8, 4) is 6.07 Å². The molecule has 0 radical (unpaired) electrons. The summed E-state index contributed by atoms with van der Waals surface area (Å²) in [5.41, 5.74) is 2.10. The zero-order valence-corrected chi connectivity index (χ0v) is 14.5. The van der Waals surface area contributed by atoms with Gasteiger partial charge in [0.25, 0.3) is 5.91 Å². The van der Waals surface area contributed by atoms with E-state index < -0.39 is 5.97 Å². The van der Waals surface area contributed by atoms with Gasteiger partial charge in [-0.3, -0.25) is 4.79 Å². The molecular formula is C20H14N2O3S. The molecule has 0 saturated carbocycles. The maximum Gasteiger partial charge on any atom is 0.338 e. The molecule has 0 unspecified atom stereocenters. The molecule has 3 rings (SSSR count). The van der Waals surface area contributed by atoms with E-state index in [1.807, 2.05) is 11.4 Å². The van der Waals surface area contributed by atoms with E-state index in [-0.39, 0.29) is 12.5 Å². The van der Waals surface area contributed by atoms with Crippen molar-refractivity contribution in [3.05, 3.63) is 87.6 Å². The Hall–Kier alpha value is -3.43. The minimum Gasteiger partial charge on any atom is -0.457 e. The van der Waals surface area contributed by atoms with Crippen LogP contribution in [0.1, 0.15) is 31.2 Å². The number of nitrogens with one attached hydrogen (secondary N) is 1. The molecule has 1 N–H and O–H groups in total. The number of esters is 1. The van der Waals surface area contributed by atoms with Crippen molar-refractivity contribution in [2.24, 2.45) is 0 Å². The standard InChI is InChI=1S/C20H14N2O3S/c21-12-14-4-1-5-15(10-14)13-25-20(24)16-6-2-7-17(11-16)22-19(23)18-8-3-9-26-18/h1-11H,13H2,(H,22,23).